The zero-order chi connectivity index (χ0) is 13.1. The zero-order valence-corrected chi connectivity index (χ0v) is 11.0. The number of fused-ring (bicyclic) bond motifs is 1. The second-order valence-corrected chi connectivity index (χ2v) is 4.81. The zero-order valence-electron chi connectivity index (χ0n) is 10.2. The van der Waals surface area contributed by atoms with Crippen LogP contribution in [0.1, 0.15) is 35.3 Å². The predicted molar refractivity (Wildman–Crippen MR) is 67.1 cm³/mol. The van der Waals surface area contributed by atoms with E-state index in [-0.39, 0.29) is 5.69 Å². The van der Waals surface area contributed by atoms with Crippen LogP contribution in [0.5, 0.6) is 0 Å². The summed E-state index contributed by atoms with van der Waals surface area (Å²) in [6.45, 7) is 2.09. The van der Waals surface area contributed by atoms with E-state index in [4.69, 9.17) is 0 Å². The number of carbonyl (C=O) groups excluding carboxylic acids is 1. The van der Waals surface area contributed by atoms with Crippen LogP contribution < -0.4 is 5.56 Å². The minimum absolute atomic E-state index is 0.117. The van der Waals surface area contributed by atoms with E-state index in [1.54, 1.807) is 0 Å². The second-order valence-electron chi connectivity index (χ2n) is 3.76. The fourth-order valence-electron chi connectivity index (χ4n) is 1.53. The topological polar surface area (TPSA) is 73.6 Å². The maximum Gasteiger partial charge on any atom is 0.357 e. The van der Waals surface area contributed by atoms with Crippen molar-refractivity contribution in [1.82, 2.24) is 14.6 Å². The van der Waals surface area contributed by atoms with Gasteiger partial charge in [0.05, 0.1) is 7.11 Å². The van der Waals surface area contributed by atoms with Gasteiger partial charge < -0.3 is 4.74 Å². The van der Waals surface area contributed by atoms with E-state index in [1.165, 1.54) is 23.0 Å². The largest absolute Gasteiger partial charge is 0.464 e. The van der Waals surface area contributed by atoms with Gasteiger partial charge in [-0.2, -0.15) is 14.6 Å². The Labute approximate surface area is 107 Å². The van der Waals surface area contributed by atoms with Crippen LogP contribution >= 0.6 is 11.3 Å². The van der Waals surface area contributed by atoms with Gasteiger partial charge in [-0.05, 0) is 6.42 Å². The minimum atomic E-state index is -0.586. The lowest BCUT2D eigenvalue weighted by Gasteiger charge is -1.99. The number of nitrogens with zero attached hydrogens (tertiary/aromatic N) is 3. The van der Waals surface area contributed by atoms with Crippen LogP contribution in [0.2, 0.25) is 0 Å². The molecule has 0 saturated heterocycles. The van der Waals surface area contributed by atoms with Crippen LogP contribution in [0, 0.1) is 0 Å². The molecule has 2 aromatic heterocycles. The van der Waals surface area contributed by atoms with Crippen LogP contribution in [-0.2, 0) is 11.2 Å². The predicted octanol–water partition coefficient (Wildman–Crippen LogP) is 1.28. The average Bonchev–Trinajstić information content (AvgIpc) is 2.76. The normalized spacial score (nSPS) is 10.8. The summed E-state index contributed by atoms with van der Waals surface area (Å²) >= 11 is 1.33. The smallest absolute Gasteiger partial charge is 0.357 e. The van der Waals surface area contributed by atoms with Gasteiger partial charge in [-0.1, -0.05) is 24.7 Å². The highest BCUT2D eigenvalue weighted by Crippen LogP contribution is 2.15. The SMILES string of the molecule is CCCCc1nn2c(C(=O)OC)cc(=O)nc2s1. The first-order valence-electron chi connectivity index (χ1n) is 5.63. The minimum Gasteiger partial charge on any atom is -0.464 e. The van der Waals surface area contributed by atoms with E-state index in [1.807, 2.05) is 0 Å². The first-order chi connectivity index (χ1) is 8.65. The van der Waals surface area contributed by atoms with Gasteiger partial charge in [-0.3, -0.25) is 4.79 Å². The van der Waals surface area contributed by atoms with Crippen molar-refractivity contribution in [3.63, 3.8) is 0 Å². The summed E-state index contributed by atoms with van der Waals surface area (Å²) in [5.41, 5.74) is -0.340. The number of ether oxygens (including phenoxy) is 1. The molecule has 0 N–H and O–H groups in total. The highest BCUT2D eigenvalue weighted by Gasteiger charge is 2.15. The molecule has 0 aliphatic rings. The Hall–Kier alpha value is -1.76. The van der Waals surface area contributed by atoms with Crippen molar-refractivity contribution in [3.8, 4) is 0 Å². The van der Waals surface area contributed by atoms with Gasteiger partial charge in [0.2, 0.25) is 4.96 Å². The summed E-state index contributed by atoms with van der Waals surface area (Å²) in [7, 11) is 1.27. The van der Waals surface area contributed by atoms with E-state index >= 15 is 0 Å². The first-order valence-corrected chi connectivity index (χ1v) is 6.45. The lowest BCUT2D eigenvalue weighted by atomic mass is 10.3. The van der Waals surface area contributed by atoms with Crippen LogP contribution in [0.4, 0.5) is 0 Å². The number of rotatable bonds is 4. The Bertz CT molecular complexity index is 632. The molecule has 0 aliphatic heterocycles. The Kier molecular flexibility index (Phi) is 3.71. The number of carbonyl (C=O) groups is 1. The first kappa shape index (κ1) is 12.7. The molecule has 96 valence electrons. The van der Waals surface area contributed by atoms with E-state index in [9.17, 15) is 9.59 Å². The molecule has 0 spiro atoms. The molecule has 0 fully saturated rings. The van der Waals surface area contributed by atoms with Crippen molar-refractivity contribution < 1.29 is 9.53 Å². The maximum absolute atomic E-state index is 11.6. The van der Waals surface area contributed by atoms with E-state index in [2.05, 4.69) is 21.7 Å². The van der Waals surface area contributed by atoms with Crippen molar-refractivity contribution in [1.29, 1.82) is 0 Å². The van der Waals surface area contributed by atoms with Crippen LogP contribution in [0.3, 0.4) is 0 Å². The summed E-state index contributed by atoms with van der Waals surface area (Å²) in [6, 6.07) is 1.14. The molecule has 2 rings (SSSR count). The summed E-state index contributed by atoms with van der Waals surface area (Å²) in [6.07, 6.45) is 2.89. The van der Waals surface area contributed by atoms with E-state index in [0.717, 1.165) is 30.3 Å². The van der Waals surface area contributed by atoms with Crippen LogP contribution in [0.15, 0.2) is 10.9 Å². The lowest BCUT2D eigenvalue weighted by Crippen LogP contribution is -2.16. The molecule has 7 heteroatoms. The molecule has 0 amide bonds. The molecule has 0 saturated carbocycles. The number of esters is 1. The van der Waals surface area contributed by atoms with Gasteiger partial charge in [0.15, 0.2) is 5.69 Å². The Morgan fingerprint density at radius 3 is 3.00 bits per heavy atom. The number of aryl methyl sites for hydroxylation is 1. The Morgan fingerprint density at radius 2 is 2.33 bits per heavy atom. The third-order valence-corrected chi connectivity index (χ3v) is 3.40. The van der Waals surface area contributed by atoms with Crippen molar-refractivity contribution >= 4 is 22.3 Å². The molecular weight excluding hydrogens is 254 g/mol. The van der Waals surface area contributed by atoms with Crippen molar-refractivity contribution in [3.05, 3.63) is 27.1 Å². The molecule has 0 atom stereocenters. The van der Waals surface area contributed by atoms with Crippen LogP contribution in [0.25, 0.3) is 4.96 Å². The monoisotopic (exact) mass is 267 g/mol. The van der Waals surface area contributed by atoms with Gasteiger partial charge in [0.1, 0.15) is 5.01 Å². The van der Waals surface area contributed by atoms with Crippen molar-refractivity contribution in [2.24, 2.45) is 0 Å². The third-order valence-electron chi connectivity index (χ3n) is 2.43. The van der Waals surface area contributed by atoms with Gasteiger partial charge >= 0.3 is 5.97 Å². The number of aromatic nitrogens is 3. The molecule has 0 radical (unpaired) electrons. The van der Waals surface area contributed by atoms with Crippen molar-refractivity contribution in [2.75, 3.05) is 7.11 Å². The molecule has 6 nitrogen and oxygen atoms in total. The van der Waals surface area contributed by atoms with Gasteiger partial charge in [-0.25, -0.2) is 4.79 Å². The quantitative estimate of drug-likeness (QED) is 0.780. The summed E-state index contributed by atoms with van der Waals surface area (Å²) < 4.78 is 6.01. The van der Waals surface area contributed by atoms with E-state index < -0.39 is 11.5 Å². The molecule has 0 aromatic carbocycles. The third kappa shape index (κ3) is 2.40. The van der Waals surface area contributed by atoms with Gasteiger partial charge in [-0.15, -0.1) is 0 Å². The fraction of sp³-hybridized carbons (Fsp3) is 0.455. The maximum atomic E-state index is 11.6. The number of hydrogen-bond acceptors (Lipinski definition) is 6. The molecule has 0 aliphatic carbocycles. The standard InChI is InChI=1S/C11H13N3O3S/c1-3-4-5-9-13-14-7(10(16)17-2)6-8(15)12-11(14)18-9/h6H,3-5H2,1-2H3. The highest BCUT2D eigenvalue weighted by atomic mass is 32.1. The van der Waals surface area contributed by atoms with Crippen molar-refractivity contribution in [2.45, 2.75) is 26.2 Å². The number of hydrogen-bond donors (Lipinski definition) is 0. The summed E-state index contributed by atoms with van der Waals surface area (Å²) in [5.74, 6) is -0.586. The Morgan fingerprint density at radius 1 is 1.56 bits per heavy atom. The van der Waals surface area contributed by atoms with E-state index in [0.29, 0.717) is 4.96 Å². The van der Waals surface area contributed by atoms with Gasteiger partial charge in [0, 0.05) is 12.5 Å². The second kappa shape index (κ2) is 5.26. The highest BCUT2D eigenvalue weighted by molar-refractivity contribution is 7.16. The molecule has 0 unspecified atom stereocenters. The summed E-state index contributed by atoms with van der Waals surface area (Å²) in [5, 5.41) is 5.15. The summed E-state index contributed by atoms with van der Waals surface area (Å²) in [4.78, 5) is 27.2. The van der Waals surface area contributed by atoms with Gasteiger partial charge in [0.25, 0.3) is 5.56 Å². The molecule has 18 heavy (non-hydrogen) atoms. The molecule has 2 heterocycles. The number of unbranched alkanes of at least 4 members (excludes halogenated alkanes) is 1. The fourth-order valence-corrected chi connectivity index (χ4v) is 2.47. The average molecular weight is 267 g/mol. The molecule has 2 aromatic rings. The van der Waals surface area contributed by atoms with Crippen LogP contribution in [-0.4, -0.2) is 27.7 Å². The molecular formula is C11H13N3O3S. The Balaban J connectivity index is 2.53. The lowest BCUT2D eigenvalue weighted by molar-refractivity contribution is 0.0590. The molecule has 0 bridgehead atoms. The number of methoxy groups -OCH3 is 1.